The van der Waals surface area contributed by atoms with Crippen LogP contribution in [0.5, 0.6) is 0 Å². The zero-order chi connectivity index (χ0) is 12.1. The Balaban J connectivity index is 2.30. The van der Waals surface area contributed by atoms with Crippen LogP contribution >= 0.6 is 0 Å². The van der Waals surface area contributed by atoms with Crippen LogP contribution in [0.25, 0.3) is 32.7 Å². The van der Waals surface area contributed by atoms with Crippen molar-refractivity contribution in [3.05, 3.63) is 54.6 Å². The summed E-state index contributed by atoms with van der Waals surface area (Å²) in [5, 5.41) is 4.54. The fourth-order valence-corrected chi connectivity index (χ4v) is 2.52. The molecular weight excluding hydrogens is 219 g/mol. The standard InChI is InChI=1S/C16H9BO/c17-11-6-8-15-14(9-11)13-7-5-10-3-1-2-4-12(10)16(13)18-15/h1-9H. The summed E-state index contributed by atoms with van der Waals surface area (Å²) in [6.07, 6.45) is 0. The molecule has 3 aromatic carbocycles. The van der Waals surface area contributed by atoms with Gasteiger partial charge in [0.2, 0.25) is 0 Å². The number of furan rings is 1. The van der Waals surface area contributed by atoms with E-state index in [4.69, 9.17) is 12.3 Å². The molecule has 4 aromatic rings. The van der Waals surface area contributed by atoms with Gasteiger partial charge in [-0.05, 0) is 17.5 Å². The molecule has 0 aliphatic heterocycles. The van der Waals surface area contributed by atoms with Crippen molar-refractivity contribution in [1.29, 1.82) is 0 Å². The SMILES string of the molecule is [B]c1ccc2oc3c4ccccc4ccc3c2c1. The first-order valence-electron chi connectivity index (χ1n) is 5.92. The van der Waals surface area contributed by atoms with Gasteiger partial charge in [0.15, 0.2) is 0 Å². The first kappa shape index (κ1) is 9.78. The van der Waals surface area contributed by atoms with Crippen LogP contribution in [-0.2, 0) is 0 Å². The Morgan fingerprint density at radius 3 is 2.61 bits per heavy atom. The second-order valence-corrected chi connectivity index (χ2v) is 4.52. The monoisotopic (exact) mass is 228 g/mol. The Bertz CT molecular complexity index is 889. The normalized spacial score (nSPS) is 11.6. The Labute approximate surface area is 105 Å². The van der Waals surface area contributed by atoms with Crippen LogP contribution in [-0.4, -0.2) is 7.85 Å². The largest absolute Gasteiger partial charge is 0.455 e. The van der Waals surface area contributed by atoms with Gasteiger partial charge in [0.05, 0.1) is 0 Å². The lowest BCUT2D eigenvalue weighted by Gasteiger charge is -1.97. The molecule has 1 nitrogen and oxygen atoms in total. The highest BCUT2D eigenvalue weighted by atomic mass is 16.3. The van der Waals surface area contributed by atoms with Crippen LogP contribution in [0.15, 0.2) is 59.0 Å². The second-order valence-electron chi connectivity index (χ2n) is 4.52. The highest BCUT2D eigenvalue weighted by Gasteiger charge is 2.09. The predicted molar refractivity (Wildman–Crippen MR) is 76.6 cm³/mol. The van der Waals surface area contributed by atoms with E-state index in [-0.39, 0.29) is 0 Å². The zero-order valence-corrected chi connectivity index (χ0v) is 9.68. The molecule has 0 spiro atoms. The number of hydrogen-bond donors (Lipinski definition) is 0. The average molecular weight is 228 g/mol. The fraction of sp³-hybridized carbons (Fsp3) is 0. The van der Waals surface area contributed by atoms with E-state index in [2.05, 4.69) is 24.3 Å². The summed E-state index contributed by atoms with van der Waals surface area (Å²) in [6.45, 7) is 0. The summed E-state index contributed by atoms with van der Waals surface area (Å²) in [4.78, 5) is 0. The summed E-state index contributed by atoms with van der Waals surface area (Å²) in [5.41, 5.74) is 2.59. The lowest BCUT2D eigenvalue weighted by molar-refractivity contribution is 0.673. The van der Waals surface area contributed by atoms with Crippen LogP contribution in [0.3, 0.4) is 0 Å². The van der Waals surface area contributed by atoms with Crippen LogP contribution in [0.1, 0.15) is 0 Å². The maximum Gasteiger partial charge on any atom is 0.143 e. The van der Waals surface area contributed by atoms with Crippen LogP contribution in [0, 0.1) is 0 Å². The zero-order valence-electron chi connectivity index (χ0n) is 9.68. The van der Waals surface area contributed by atoms with E-state index in [0.717, 1.165) is 32.8 Å². The smallest absolute Gasteiger partial charge is 0.143 e. The van der Waals surface area contributed by atoms with E-state index in [0.29, 0.717) is 0 Å². The minimum Gasteiger partial charge on any atom is -0.455 e. The van der Waals surface area contributed by atoms with Crippen molar-refractivity contribution in [2.75, 3.05) is 0 Å². The van der Waals surface area contributed by atoms with Gasteiger partial charge < -0.3 is 4.42 Å². The maximum atomic E-state index is 5.97. The minimum atomic E-state index is 0.762. The molecule has 0 atom stereocenters. The van der Waals surface area contributed by atoms with Gasteiger partial charge in [0, 0.05) is 16.2 Å². The molecule has 0 fully saturated rings. The molecule has 0 saturated carbocycles. The molecule has 2 heteroatoms. The first-order valence-corrected chi connectivity index (χ1v) is 5.92. The molecule has 0 N–H and O–H groups in total. The van der Waals surface area contributed by atoms with Crippen molar-refractivity contribution in [1.82, 2.24) is 0 Å². The Hall–Kier alpha value is -2.22. The van der Waals surface area contributed by atoms with Crippen LogP contribution in [0.4, 0.5) is 0 Å². The van der Waals surface area contributed by atoms with E-state index in [1.807, 2.05) is 30.3 Å². The Kier molecular flexibility index (Phi) is 1.84. The van der Waals surface area contributed by atoms with Crippen LogP contribution < -0.4 is 5.46 Å². The molecule has 0 bridgehead atoms. The van der Waals surface area contributed by atoms with Crippen molar-refractivity contribution in [3.63, 3.8) is 0 Å². The Morgan fingerprint density at radius 1 is 0.778 bits per heavy atom. The third-order valence-corrected chi connectivity index (χ3v) is 3.39. The molecule has 82 valence electrons. The highest BCUT2D eigenvalue weighted by molar-refractivity contribution is 6.34. The molecule has 0 amide bonds. The molecular formula is C16H9BO. The summed E-state index contributed by atoms with van der Waals surface area (Å²) < 4.78 is 5.97. The van der Waals surface area contributed by atoms with E-state index >= 15 is 0 Å². The molecule has 0 saturated heterocycles. The summed E-state index contributed by atoms with van der Waals surface area (Å²) >= 11 is 0. The van der Waals surface area contributed by atoms with Crippen LogP contribution in [0.2, 0.25) is 0 Å². The van der Waals surface area contributed by atoms with Crippen molar-refractivity contribution in [3.8, 4) is 0 Å². The molecule has 1 aromatic heterocycles. The molecule has 0 aliphatic rings. The summed E-state index contributed by atoms with van der Waals surface area (Å²) in [5.74, 6) is 0. The third kappa shape index (κ3) is 1.23. The third-order valence-electron chi connectivity index (χ3n) is 3.39. The first-order chi connectivity index (χ1) is 8.83. The fourth-order valence-electron chi connectivity index (χ4n) is 2.52. The summed E-state index contributed by atoms with van der Waals surface area (Å²) in [6, 6.07) is 18.2. The van der Waals surface area contributed by atoms with Gasteiger partial charge in [-0.1, -0.05) is 47.9 Å². The van der Waals surface area contributed by atoms with Crippen molar-refractivity contribution in [2.45, 2.75) is 0 Å². The van der Waals surface area contributed by atoms with Gasteiger partial charge in [-0.25, -0.2) is 0 Å². The molecule has 2 radical (unpaired) electrons. The highest BCUT2D eigenvalue weighted by Crippen LogP contribution is 2.33. The average Bonchev–Trinajstić information content (AvgIpc) is 2.77. The molecule has 0 unspecified atom stereocenters. The van der Waals surface area contributed by atoms with Crippen molar-refractivity contribution in [2.24, 2.45) is 0 Å². The molecule has 0 aliphatic carbocycles. The van der Waals surface area contributed by atoms with E-state index < -0.39 is 0 Å². The van der Waals surface area contributed by atoms with Gasteiger partial charge in [-0.15, -0.1) is 0 Å². The molecule has 4 rings (SSSR count). The van der Waals surface area contributed by atoms with Gasteiger partial charge in [-0.2, -0.15) is 0 Å². The van der Waals surface area contributed by atoms with E-state index in [9.17, 15) is 0 Å². The van der Waals surface area contributed by atoms with Gasteiger partial charge in [0.1, 0.15) is 19.0 Å². The number of hydrogen-bond acceptors (Lipinski definition) is 1. The van der Waals surface area contributed by atoms with Crippen molar-refractivity contribution >= 4 is 46.0 Å². The summed E-state index contributed by atoms with van der Waals surface area (Å²) in [7, 11) is 5.85. The lowest BCUT2D eigenvalue weighted by atomic mass is 9.94. The number of fused-ring (bicyclic) bond motifs is 5. The minimum absolute atomic E-state index is 0.762. The lowest BCUT2D eigenvalue weighted by Crippen LogP contribution is -1.98. The Morgan fingerprint density at radius 2 is 1.67 bits per heavy atom. The number of benzene rings is 3. The topological polar surface area (TPSA) is 13.1 Å². The van der Waals surface area contributed by atoms with Gasteiger partial charge >= 0.3 is 0 Å². The molecule has 18 heavy (non-hydrogen) atoms. The quantitative estimate of drug-likeness (QED) is 0.419. The van der Waals surface area contributed by atoms with Gasteiger partial charge in [-0.3, -0.25) is 0 Å². The molecule has 1 heterocycles. The second kappa shape index (κ2) is 3.39. The van der Waals surface area contributed by atoms with Crippen molar-refractivity contribution < 1.29 is 4.42 Å². The van der Waals surface area contributed by atoms with E-state index in [1.54, 1.807) is 0 Å². The predicted octanol–water partition coefficient (Wildman–Crippen LogP) is 3.53. The maximum absolute atomic E-state index is 5.97. The van der Waals surface area contributed by atoms with Gasteiger partial charge in [0.25, 0.3) is 0 Å². The van der Waals surface area contributed by atoms with E-state index in [1.165, 1.54) is 5.39 Å². The number of rotatable bonds is 0.